The Morgan fingerprint density at radius 3 is 2.45 bits per heavy atom. The minimum atomic E-state index is 0.639. The number of anilines is 2. The van der Waals surface area contributed by atoms with E-state index in [1.165, 1.54) is 0 Å². The van der Waals surface area contributed by atoms with Gasteiger partial charge in [-0.3, -0.25) is 9.80 Å². The van der Waals surface area contributed by atoms with Crippen LogP contribution in [-0.4, -0.2) is 67.3 Å². The zero-order valence-corrected chi connectivity index (χ0v) is 13.9. The van der Waals surface area contributed by atoms with Gasteiger partial charge >= 0.3 is 0 Å². The fourth-order valence-corrected chi connectivity index (χ4v) is 3.09. The van der Waals surface area contributed by atoms with Gasteiger partial charge in [0.15, 0.2) is 0 Å². The first-order valence-electron chi connectivity index (χ1n) is 8.20. The molecule has 0 saturated carbocycles. The van der Waals surface area contributed by atoms with E-state index < -0.39 is 0 Å². The van der Waals surface area contributed by atoms with E-state index in [4.69, 9.17) is 0 Å². The van der Waals surface area contributed by atoms with Gasteiger partial charge in [0.2, 0.25) is 0 Å². The number of hydrogen-bond donors (Lipinski definition) is 0. The van der Waals surface area contributed by atoms with E-state index >= 15 is 0 Å². The Kier molecular flexibility index (Phi) is 4.64. The Bertz CT molecular complexity index is 502. The first-order chi connectivity index (χ1) is 10.6. The maximum atomic E-state index is 4.69. The Morgan fingerprint density at radius 2 is 1.86 bits per heavy atom. The SMILES string of the molecule is CC(C)N1CCN(c2ccc(N3C=CCN(C)C3)cn2)CC1. The molecule has 3 rings (SSSR count). The van der Waals surface area contributed by atoms with E-state index in [0.29, 0.717) is 6.04 Å². The summed E-state index contributed by atoms with van der Waals surface area (Å²) in [6.07, 6.45) is 6.33. The van der Waals surface area contributed by atoms with E-state index in [0.717, 1.165) is 50.9 Å². The van der Waals surface area contributed by atoms with Crippen LogP contribution in [0.4, 0.5) is 11.5 Å². The molecule has 0 bridgehead atoms. The molecule has 5 nitrogen and oxygen atoms in total. The van der Waals surface area contributed by atoms with Gasteiger partial charge in [-0.25, -0.2) is 4.98 Å². The lowest BCUT2D eigenvalue weighted by Gasteiger charge is -2.37. The number of rotatable bonds is 3. The van der Waals surface area contributed by atoms with Crippen LogP contribution in [0.15, 0.2) is 30.6 Å². The van der Waals surface area contributed by atoms with Crippen LogP contribution in [0.25, 0.3) is 0 Å². The largest absolute Gasteiger partial charge is 0.354 e. The second-order valence-electron chi connectivity index (χ2n) is 6.53. The second kappa shape index (κ2) is 6.67. The molecule has 0 unspecified atom stereocenters. The monoisotopic (exact) mass is 301 g/mol. The van der Waals surface area contributed by atoms with Crippen LogP contribution in [-0.2, 0) is 0 Å². The molecule has 0 aliphatic carbocycles. The third-order valence-corrected chi connectivity index (χ3v) is 4.53. The number of aromatic nitrogens is 1. The highest BCUT2D eigenvalue weighted by molar-refractivity contribution is 5.52. The van der Waals surface area contributed by atoms with Crippen LogP contribution in [0.2, 0.25) is 0 Å². The van der Waals surface area contributed by atoms with Crippen molar-refractivity contribution in [1.29, 1.82) is 0 Å². The van der Waals surface area contributed by atoms with Crippen molar-refractivity contribution in [3.63, 3.8) is 0 Å². The number of likely N-dealkylation sites (N-methyl/N-ethyl adjacent to an activating group) is 1. The summed E-state index contributed by atoms with van der Waals surface area (Å²) in [5.74, 6) is 1.10. The van der Waals surface area contributed by atoms with Crippen molar-refractivity contribution in [3.8, 4) is 0 Å². The fraction of sp³-hybridized carbons (Fsp3) is 0.588. The van der Waals surface area contributed by atoms with Crippen LogP contribution in [0.5, 0.6) is 0 Å². The van der Waals surface area contributed by atoms with E-state index in [-0.39, 0.29) is 0 Å². The van der Waals surface area contributed by atoms with Crippen molar-refractivity contribution in [2.75, 3.05) is 56.2 Å². The Hall–Kier alpha value is -1.59. The van der Waals surface area contributed by atoms with Crippen LogP contribution >= 0.6 is 0 Å². The molecule has 5 heteroatoms. The summed E-state index contributed by atoms with van der Waals surface area (Å²) in [4.78, 5) is 14.1. The standard InChI is InChI=1S/C17H27N5/c1-15(2)20-9-11-21(12-10-20)17-6-5-16(13-18-17)22-8-4-7-19(3)14-22/h4-6,8,13,15H,7,9-12,14H2,1-3H3. The molecule has 0 amide bonds. The zero-order valence-electron chi connectivity index (χ0n) is 13.9. The molecule has 2 aliphatic rings. The Balaban J connectivity index is 1.62. The molecule has 22 heavy (non-hydrogen) atoms. The van der Waals surface area contributed by atoms with Crippen LogP contribution in [0.1, 0.15) is 13.8 Å². The topological polar surface area (TPSA) is 25.9 Å². The van der Waals surface area contributed by atoms with E-state index in [1.807, 2.05) is 6.20 Å². The van der Waals surface area contributed by atoms with E-state index in [1.54, 1.807) is 0 Å². The Labute approximate surface area is 133 Å². The minimum absolute atomic E-state index is 0.639. The average molecular weight is 301 g/mol. The summed E-state index contributed by atoms with van der Waals surface area (Å²) < 4.78 is 0. The van der Waals surface area contributed by atoms with Crippen molar-refractivity contribution in [1.82, 2.24) is 14.8 Å². The van der Waals surface area contributed by atoms with Crippen LogP contribution < -0.4 is 9.80 Å². The zero-order chi connectivity index (χ0) is 15.5. The van der Waals surface area contributed by atoms with Gasteiger partial charge in [-0.05, 0) is 33.0 Å². The number of nitrogens with zero attached hydrogens (tertiary/aromatic N) is 5. The molecule has 1 fully saturated rings. The third kappa shape index (κ3) is 3.42. The molecule has 0 aromatic carbocycles. The third-order valence-electron chi connectivity index (χ3n) is 4.53. The molecular formula is C17H27N5. The van der Waals surface area contributed by atoms with E-state index in [2.05, 4.69) is 69.9 Å². The highest BCUT2D eigenvalue weighted by Crippen LogP contribution is 2.20. The molecule has 2 aliphatic heterocycles. The summed E-state index contributed by atoms with van der Waals surface area (Å²) in [6.45, 7) is 10.9. The molecule has 1 aromatic rings. The summed E-state index contributed by atoms with van der Waals surface area (Å²) >= 11 is 0. The van der Waals surface area contributed by atoms with Crippen molar-refractivity contribution >= 4 is 11.5 Å². The predicted molar refractivity (Wildman–Crippen MR) is 92.3 cm³/mol. The fourth-order valence-electron chi connectivity index (χ4n) is 3.09. The van der Waals surface area contributed by atoms with Gasteiger partial charge in [0.05, 0.1) is 18.6 Å². The molecule has 120 valence electrons. The number of piperazine rings is 1. The number of hydrogen-bond acceptors (Lipinski definition) is 5. The van der Waals surface area contributed by atoms with E-state index in [9.17, 15) is 0 Å². The van der Waals surface area contributed by atoms with Gasteiger partial charge in [-0.2, -0.15) is 0 Å². The summed E-state index contributed by atoms with van der Waals surface area (Å²) in [7, 11) is 2.13. The quantitative estimate of drug-likeness (QED) is 0.849. The molecule has 1 saturated heterocycles. The molecule has 1 aromatic heterocycles. The second-order valence-corrected chi connectivity index (χ2v) is 6.53. The normalized spacial score (nSPS) is 20.9. The molecular weight excluding hydrogens is 274 g/mol. The van der Waals surface area contributed by atoms with Gasteiger partial charge < -0.3 is 9.80 Å². The lowest BCUT2D eigenvalue weighted by molar-refractivity contribution is 0.209. The van der Waals surface area contributed by atoms with Gasteiger partial charge in [0.1, 0.15) is 5.82 Å². The maximum Gasteiger partial charge on any atom is 0.128 e. The van der Waals surface area contributed by atoms with Crippen molar-refractivity contribution < 1.29 is 0 Å². The van der Waals surface area contributed by atoms with Gasteiger partial charge in [-0.15, -0.1) is 0 Å². The van der Waals surface area contributed by atoms with Crippen LogP contribution in [0.3, 0.4) is 0 Å². The minimum Gasteiger partial charge on any atom is -0.354 e. The smallest absolute Gasteiger partial charge is 0.128 e. The summed E-state index contributed by atoms with van der Waals surface area (Å²) in [5.41, 5.74) is 1.16. The summed E-state index contributed by atoms with van der Waals surface area (Å²) in [5, 5.41) is 0. The van der Waals surface area contributed by atoms with Crippen molar-refractivity contribution in [2.24, 2.45) is 0 Å². The highest BCUT2D eigenvalue weighted by atomic mass is 15.3. The van der Waals surface area contributed by atoms with Crippen molar-refractivity contribution in [2.45, 2.75) is 19.9 Å². The van der Waals surface area contributed by atoms with Gasteiger partial charge in [0.25, 0.3) is 0 Å². The lowest BCUT2D eigenvalue weighted by Crippen LogP contribution is -2.49. The molecule has 0 radical (unpaired) electrons. The van der Waals surface area contributed by atoms with Crippen molar-refractivity contribution in [3.05, 3.63) is 30.6 Å². The van der Waals surface area contributed by atoms with Crippen LogP contribution in [0, 0.1) is 0 Å². The predicted octanol–water partition coefficient (Wildman–Crippen LogP) is 1.83. The lowest BCUT2D eigenvalue weighted by atomic mass is 10.2. The molecule has 0 atom stereocenters. The Morgan fingerprint density at radius 1 is 1.09 bits per heavy atom. The molecule has 0 spiro atoms. The van der Waals surface area contributed by atoms with Gasteiger partial charge in [0, 0.05) is 45.0 Å². The molecule has 0 N–H and O–H groups in total. The first-order valence-corrected chi connectivity index (χ1v) is 8.20. The highest BCUT2D eigenvalue weighted by Gasteiger charge is 2.20. The maximum absolute atomic E-state index is 4.69. The van der Waals surface area contributed by atoms with Gasteiger partial charge in [-0.1, -0.05) is 6.08 Å². The number of pyridine rings is 1. The summed E-state index contributed by atoms with van der Waals surface area (Å²) in [6, 6.07) is 4.98. The average Bonchev–Trinajstić information content (AvgIpc) is 2.55. The molecule has 3 heterocycles. The first kappa shape index (κ1) is 15.3.